The molecule has 0 unspecified atom stereocenters. The maximum atomic E-state index is 12.1. The van der Waals surface area contributed by atoms with Gasteiger partial charge < -0.3 is 24.8 Å². The van der Waals surface area contributed by atoms with E-state index in [0.29, 0.717) is 36.0 Å². The van der Waals surface area contributed by atoms with Crippen molar-refractivity contribution in [2.45, 2.75) is 17.7 Å². The molecule has 0 atom stereocenters. The summed E-state index contributed by atoms with van der Waals surface area (Å²) in [5.41, 5.74) is 2.99. The van der Waals surface area contributed by atoms with Gasteiger partial charge in [0, 0.05) is 40.9 Å². The van der Waals surface area contributed by atoms with Crippen LogP contribution in [0.25, 0.3) is 11.0 Å². The number of nitrogens with one attached hydrogen (secondary N) is 3. The number of para-hydroxylation sites is 2. The number of anilines is 4. The average Bonchev–Trinajstić information content (AvgIpc) is 2.90. The zero-order valence-electron chi connectivity index (χ0n) is 20.1. The average molecular weight is 502 g/mol. The van der Waals surface area contributed by atoms with Gasteiger partial charge in [-0.1, -0.05) is 24.3 Å². The van der Waals surface area contributed by atoms with Crippen LogP contribution < -0.4 is 24.8 Å². The molecule has 0 aliphatic heterocycles. The molecule has 4 aromatic rings. The third-order valence-corrected chi connectivity index (χ3v) is 5.93. The van der Waals surface area contributed by atoms with E-state index >= 15 is 0 Å². The fourth-order valence-corrected chi connectivity index (χ4v) is 4.07. The highest BCUT2D eigenvalue weighted by Crippen LogP contribution is 2.32. The number of carbonyl (C=O) groups excluding carboxylic acids is 1. The zero-order valence-corrected chi connectivity index (χ0v) is 20.9. The molecule has 1 heterocycles. The van der Waals surface area contributed by atoms with Crippen molar-refractivity contribution in [1.29, 1.82) is 0 Å². The van der Waals surface area contributed by atoms with E-state index in [1.165, 1.54) is 11.9 Å². The Morgan fingerprint density at radius 3 is 2.28 bits per heavy atom. The molecule has 3 N–H and O–H groups in total. The van der Waals surface area contributed by atoms with E-state index in [1.54, 1.807) is 26.4 Å². The summed E-state index contributed by atoms with van der Waals surface area (Å²) in [6.07, 6.45) is 2.76. The van der Waals surface area contributed by atoms with Crippen molar-refractivity contribution in [2.24, 2.45) is 0 Å². The molecular formula is C27H27N5O3S. The predicted molar refractivity (Wildman–Crippen MR) is 146 cm³/mol. The van der Waals surface area contributed by atoms with Crippen LogP contribution in [0, 0.1) is 0 Å². The second-order valence-corrected chi connectivity index (χ2v) is 8.62. The Balaban J connectivity index is 1.58. The summed E-state index contributed by atoms with van der Waals surface area (Å²) in [6.45, 7) is 3.66. The quantitative estimate of drug-likeness (QED) is 0.160. The van der Waals surface area contributed by atoms with E-state index in [1.807, 2.05) is 60.7 Å². The van der Waals surface area contributed by atoms with Crippen molar-refractivity contribution in [2.75, 3.05) is 29.6 Å². The first-order valence-electron chi connectivity index (χ1n) is 11.3. The Morgan fingerprint density at radius 1 is 0.917 bits per heavy atom. The first-order chi connectivity index (χ1) is 17.6. The molecule has 3 aromatic carbocycles. The van der Waals surface area contributed by atoms with E-state index in [0.717, 1.165) is 27.3 Å². The molecule has 8 nitrogen and oxygen atoms in total. The molecule has 1 amide bonds. The standard InChI is InChI=1S/C27H27N5O3S/c1-4-5-13-25(33)28-18-9-8-10-22(16-18)36-32-27-26(30-23-11-6-7-12-24(23)31-27)29-19-14-20(34-2)17-21(15-19)35-3/h4,6-12,14-17H,1,5,13H2,2-3H3,(H,28,33)(H,29,30)(H,31,32). The SMILES string of the molecule is C=CCCC(=O)Nc1cccc(SNc2nc3ccccc3nc2Nc2cc(OC)cc(OC)c2)c1. The Kier molecular flexibility index (Phi) is 8.25. The van der Waals surface area contributed by atoms with Gasteiger partial charge in [-0.05, 0) is 48.7 Å². The molecule has 0 fully saturated rings. The largest absolute Gasteiger partial charge is 0.497 e. The van der Waals surface area contributed by atoms with E-state index in [9.17, 15) is 4.79 Å². The fourth-order valence-electron chi connectivity index (χ4n) is 3.38. The van der Waals surface area contributed by atoms with Gasteiger partial charge in [-0.15, -0.1) is 6.58 Å². The second kappa shape index (κ2) is 11.9. The van der Waals surface area contributed by atoms with Crippen molar-refractivity contribution in [3.8, 4) is 11.5 Å². The molecule has 9 heteroatoms. The minimum Gasteiger partial charge on any atom is -0.497 e. The lowest BCUT2D eigenvalue weighted by molar-refractivity contribution is -0.116. The summed E-state index contributed by atoms with van der Waals surface area (Å²) in [5, 5.41) is 6.25. The van der Waals surface area contributed by atoms with E-state index in [2.05, 4.69) is 21.9 Å². The second-order valence-electron chi connectivity index (χ2n) is 7.74. The highest BCUT2D eigenvalue weighted by atomic mass is 32.2. The smallest absolute Gasteiger partial charge is 0.224 e. The molecule has 36 heavy (non-hydrogen) atoms. The number of aromatic nitrogens is 2. The van der Waals surface area contributed by atoms with Gasteiger partial charge in [-0.2, -0.15) is 0 Å². The van der Waals surface area contributed by atoms with Gasteiger partial charge in [0.25, 0.3) is 0 Å². The lowest BCUT2D eigenvalue weighted by Gasteiger charge is -2.14. The van der Waals surface area contributed by atoms with Gasteiger partial charge in [0.05, 0.1) is 25.3 Å². The van der Waals surface area contributed by atoms with Crippen molar-refractivity contribution in [3.05, 3.63) is 79.4 Å². The number of allylic oxidation sites excluding steroid dienone is 1. The number of benzene rings is 3. The van der Waals surface area contributed by atoms with Crippen LogP contribution in [0.4, 0.5) is 23.0 Å². The van der Waals surface area contributed by atoms with Crippen molar-refractivity contribution >= 4 is 51.9 Å². The Labute approximate surface area is 214 Å². The van der Waals surface area contributed by atoms with Crippen molar-refractivity contribution in [3.63, 3.8) is 0 Å². The minimum atomic E-state index is -0.0504. The number of methoxy groups -OCH3 is 2. The van der Waals surface area contributed by atoms with Crippen LogP contribution in [0.5, 0.6) is 11.5 Å². The summed E-state index contributed by atoms with van der Waals surface area (Å²) in [4.78, 5) is 22.5. The van der Waals surface area contributed by atoms with E-state index < -0.39 is 0 Å². The van der Waals surface area contributed by atoms with Gasteiger partial charge >= 0.3 is 0 Å². The first kappa shape index (κ1) is 24.9. The third kappa shape index (κ3) is 6.45. The van der Waals surface area contributed by atoms with Crippen LogP contribution in [-0.2, 0) is 4.79 Å². The summed E-state index contributed by atoms with van der Waals surface area (Å²) in [6, 6.07) is 20.8. The van der Waals surface area contributed by atoms with Crippen molar-refractivity contribution in [1.82, 2.24) is 9.97 Å². The van der Waals surface area contributed by atoms with Gasteiger partial charge in [-0.25, -0.2) is 9.97 Å². The molecule has 0 saturated carbocycles. The molecule has 1 aromatic heterocycles. The monoisotopic (exact) mass is 501 g/mol. The third-order valence-electron chi connectivity index (χ3n) is 5.14. The summed E-state index contributed by atoms with van der Waals surface area (Å²) < 4.78 is 14.1. The number of rotatable bonds is 11. The Bertz CT molecular complexity index is 1360. The van der Waals surface area contributed by atoms with Crippen LogP contribution in [-0.4, -0.2) is 30.1 Å². The number of amides is 1. The number of hydrogen-bond donors (Lipinski definition) is 3. The predicted octanol–water partition coefficient (Wildman–Crippen LogP) is 6.41. The molecule has 184 valence electrons. The maximum Gasteiger partial charge on any atom is 0.224 e. The molecule has 0 radical (unpaired) electrons. The molecule has 4 rings (SSSR count). The summed E-state index contributed by atoms with van der Waals surface area (Å²) in [5.74, 6) is 2.36. The molecule has 0 spiro atoms. The molecule has 0 bridgehead atoms. The first-order valence-corrected chi connectivity index (χ1v) is 12.1. The number of nitrogens with zero attached hydrogens (tertiary/aromatic N) is 2. The number of fused-ring (bicyclic) bond motifs is 1. The topological polar surface area (TPSA) is 97.4 Å². The highest BCUT2D eigenvalue weighted by Gasteiger charge is 2.12. The van der Waals surface area contributed by atoms with E-state index in [-0.39, 0.29) is 5.91 Å². The van der Waals surface area contributed by atoms with Crippen LogP contribution in [0.1, 0.15) is 12.8 Å². The van der Waals surface area contributed by atoms with E-state index in [4.69, 9.17) is 19.4 Å². The molecular weight excluding hydrogens is 474 g/mol. The van der Waals surface area contributed by atoms with Gasteiger partial charge in [-0.3, -0.25) is 4.79 Å². The van der Waals surface area contributed by atoms with Gasteiger partial charge in [0.2, 0.25) is 5.91 Å². The van der Waals surface area contributed by atoms with Gasteiger partial charge in [0.1, 0.15) is 11.5 Å². The van der Waals surface area contributed by atoms with Crippen LogP contribution in [0.3, 0.4) is 0 Å². The molecule has 0 saturated heterocycles. The highest BCUT2D eigenvalue weighted by molar-refractivity contribution is 8.00. The lowest BCUT2D eigenvalue weighted by Crippen LogP contribution is -2.10. The fraction of sp³-hybridized carbons (Fsp3) is 0.148. The minimum absolute atomic E-state index is 0.0504. The van der Waals surface area contributed by atoms with Gasteiger partial charge in [0.15, 0.2) is 11.6 Å². The molecule has 0 aliphatic rings. The lowest BCUT2D eigenvalue weighted by atomic mass is 10.2. The number of carbonyl (C=O) groups is 1. The summed E-state index contributed by atoms with van der Waals surface area (Å²) in [7, 11) is 3.21. The number of ether oxygens (including phenoxy) is 2. The van der Waals surface area contributed by atoms with Crippen LogP contribution in [0.2, 0.25) is 0 Å². The molecule has 0 aliphatic carbocycles. The summed E-state index contributed by atoms with van der Waals surface area (Å²) >= 11 is 1.37. The normalized spacial score (nSPS) is 10.5. The van der Waals surface area contributed by atoms with Crippen LogP contribution >= 0.6 is 11.9 Å². The van der Waals surface area contributed by atoms with Crippen molar-refractivity contribution < 1.29 is 14.3 Å². The Hall–Kier alpha value is -4.24. The zero-order chi connectivity index (χ0) is 25.3. The van der Waals surface area contributed by atoms with Crippen LogP contribution in [0.15, 0.2) is 84.3 Å². The Morgan fingerprint density at radius 2 is 1.61 bits per heavy atom. The number of hydrogen-bond acceptors (Lipinski definition) is 8. The maximum absolute atomic E-state index is 12.1.